The molecule has 144 valence electrons. The first-order valence-electron chi connectivity index (χ1n) is 9.40. The van der Waals surface area contributed by atoms with E-state index < -0.39 is 10.8 Å². The summed E-state index contributed by atoms with van der Waals surface area (Å²) in [6.45, 7) is 1.78. The molecular formula is C20H21N5O2S. The van der Waals surface area contributed by atoms with Crippen molar-refractivity contribution >= 4 is 28.6 Å². The molecule has 28 heavy (non-hydrogen) atoms. The number of hydrogen-bond donors (Lipinski definition) is 2. The molecule has 1 aliphatic carbocycles. The van der Waals surface area contributed by atoms with E-state index in [4.69, 9.17) is 4.42 Å². The van der Waals surface area contributed by atoms with Gasteiger partial charge in [-0.15, -0.1) is 10.2 Å². The number of carbonyl (C=O) groups excluding carboxylic acids is 1. The van der Waals surface area contributed by atoms with Gasteiger partial charge in [0.2, 0.25) is 5.91 Å². The number of nitriles is 1. The zero-order chi connectivity index (χ0) is 19.6. The SMILES string of the molecule is CC(Sc1nnc(-c2c[nH]c3ccccc23)o1)C(=O)NC1(C#N)CCCCC1. The second-order valence-electron chi connectivity index (χ2n) is 7.12. The Balaban J connectivity index is 1.45. The Labute approximate surface area is 166 Å². The first-order chi connectivity index (χ1) is 13.6. The van der Waals surface area contributed by atoms with E-state index in [1.807, 2.05) is 30.5 Å². The number of aromatic nitrogens is 3. The quantitative estimate of drug-likeness (QED) is 0.631. The van der Waals surface area contributed by atoms with E-state index in [-0.39, 0.29) is 5.91 Å². The van der Waals surface area contributed by atoms with Gasteiger partial charge in [0.1, 0.15) is 5.54 Å². The van der Waals surface area contributed by atoms with E-state index in [0.717, 1.165) is 35.7 Å². The summed E-state index contributed by atoms with van der Waals surface area (Å²) < 4.78 is 5.77. The van der Waals surface area contributed by atoms with E-state index in [1.54, 1.807) is 6.92 Å². The van der Waals surface area contributed by atoms with Crippen molar-refractivity contribution in [2.75, 3.05) is 0 Å². The monoisotopic (exact) mass is 395 g/mol. The number of nitrogens with one attached hydrogen (secondary N) is 2. The van der Waals surface area contributed by atoms with Crippen LogP contribution >= 0.6 is 11.8 Å². The van der Waals surface area contributed by atoms with Crippen molar-refractivity contribution in [1.82, 2.24) is 20.5 Å². The minimum atomic E-state index is -0.742. The van der Waals surface area contributed by atoms with Crippen LogP contribution in [0, 0.1) is 11.3 Å². The molecule has 0 bridgehead atoms. The number of fused-ring (bicyclic) bond motifs is 1. The lowest BCUT2D eigenvalue weighted by Gasteiger charge is -2.32. The lowest BCUT2D eigenvalue weighted by molar-refractivity contribution is -0.122. The summed E-state index contributed by atoms with van der Waals surface area (Å²) in [6.07, 6.45) is 6.29. The summed E-state index contributed by atoms with van der Waals surface area (Å²) in [5, 5.41) is 21.6. The highest BCUT2D eigenvalue weighted by Crippen LogP contribution is 2.32. The molecular weight excluding hydrogens is 374 g/mol. The van der Waals surface area contributed by atoms with E-state index in [9.17, 15) is 10.1 Å². The third kappa shape index (κ3) is 3.62. The molecule has 1 aliphatic rings. The molecule has 2 aromatic heterocycles. The number of H-pyrrole nitrogens is 1. The van der Waals surface area contributed by atoms with E-state index in [0.29, 0.717) is 24.0 Å². The molecule has 0 aliphatic heterocycles. The Hall–Kier alpha value is -2.79. The molecule has 1 atom stereocenters. The third-order valence-electron chi connectivity index (χ3n) is 5.16. The fraction of sp³-hybridized carbons (Fsp3) is 0.400. The summed E-state index contributed by atoms with van der Waals surface area (Å²) >= 11 is 1.20. The predicted molar refractivity (Wildman–Crippen MR) is 106 cm³/mol. The van der Waals surface area contributed by atoms with Gasteiger partial charge in [0.15, 0.2) is 0 Å². The Morgan fingerprint density at radius 1 is 1.32 bits per heavy atom. The van der Waals surface area contributed by atoms with E-state index >= 15 is 0 Å². The van der Waals surface area contributed by atoms with Crippen molar-refractivity contribution in [2.24, 2.45) is 0 Å². The maximum absolute atomic E-state index is 12.6. The fourth-order valence-corrected chi connectivity index (χ4v) is 4.26. The molecule has 2 heterocycles. The van der Waals surface area contributed by atoms with Crippen molar-refractivity contribution in [2.45, 2.75) is 55.0 Å². The van der Waals surface area contributed by atoms with Crippen LogP contribution in [0.2, 0.25) is 0 Å². The van der Waals surface area contributed by atoms with Crippen molar-refractivity contribution in [3.05, 3.63) is 30.5 Å². The van der Waals surface area contributed by atoms with Crippen LogP contribution in [0.5, 0.6) is 0 Å². The Kier molecular flexibility index (Phi) is 5.09. The average molecular weight is 395 g/mol. The second kappa shape index (κ2) is 7.68. The average Bonchev–Trinajstić information content (AvgIpc) is 3.35. The molecule has 0 radical (unpaired) electrons. The summed E-state index contributed by atoms with van der Waals surface area (Å²) in [4.78, 5) is 15.8. The minimum Gasteiger partial charge on any atom is -0.411 e. The van der Waals surface area contributed by atoms with Gasteiger partial charge in [-0.25, -0.2) is 0 Å². The summed E-state index contributed by atoms with van der Waals surface area (Å²) in [7, 11) is 0. The molecule has 0 saturated heterocycles. The van der Waals surface area contributed by atoms with Crippen molar-refractivity contribution in [3.8, 4) is 17.5 Å². The molecule has 1 aromatic carbocycles. The lowest BCUT2D eigenvalue weighted by atomic mass is 9.83. The molecule has 1 saturated carbocycles. The smallest absolute Gasteiger partial charge is 0.277 e. The molecule has 2 N–H and O–H groups in total. The second-order valence-corrected chi connectivity index (χ2v) is 8.42. The number of aromatic amines is 1. The Morgan fingerprint density at radius 3 is 2.89 bits per heavy atom. The van der Waals surface area contributed by atoms with Gasteiger partial charge in [0.25, 0.3) is 11.1 Å². The van der Waals surface area contributed by atoms with Crippen LogP contribution in [0.3, 0.4) is 0 Å². The number of benzene rings is 1. The van der Waals surface area contributed by atoms with Crippen molar-refractivity contribution in [3.63, 3.8) is 0 Å². The molecule has 1 amide bonds. The molecule has 0 spiro atoms. The van der Waals surface area contributed by atoms with Crippen molar-refractivity contribution < 1.29 is 9.21 Å². The number of amides is 1. The summed E-state index contributed by atoms with van der Waals surface area (Å²) in [5.74, 6) is 0.230. The van der Waals surface area contributed by atoms with Crippen LogP contribution in [-0.2, 0) is 4.79 Å². The number of rotatable bonds is 5. The highest BCUT2D eigenvalue weighted by Gasteiger charge is 2.35. The van der Waals surface area contributed by atoms with Crippen LogP contribution < -0.4 is 5.32 Å². The van der Waals surface area contributed by atoms with Crippen molar-refractivity contribution in [1.29, 1.82) is 5.26 Å². The molecule has 7 nitrogen and oxygen atoms in total. The summed E-state index contributed by atoms with van der Waals surface area (Å²) in [6, 6.07) is 10.2. The van der Waals surface area contributed by atoms with E-state index in [2.05, 4.69) is 26.6 Å². The number of carbonyl (C=O) groups is 1. The largest absolute Gasteiger partial charge is 0.411 e. The summed E-state index contributed by atoms with van der Waals surface area (Å²) in [5.41, 5.74) is 1.08. The standard InChI is InChI=1S/C20H21N5O2S/c1-13(17(26)23-20(12-21)9-5-2-6-10-20)28-19-25-24-18(27-19)15-11-22-16-8-4-3-7-14(15)16/h3-4,7-8,11,13,22H,2,5-6,9-10H2,1H3,(H,23,26). The highest BCUT2D eigenvalue weighted by molar-refractivity contribution is 8.00. The topological polar surface area (TPSA) is 108 Å². The first kappa shape index (κ1) is 18.6. The van der Waals surface area contributed by atoms with Crippen LogP contribution in [0.25, 0.3) is 22.4 Å². The number of para-hydroxylation sites is 1. The van der Waals surface area contributed by atoms with Gasteiger partial charge in [-0.05, 0) is 25.8 Å². The van der Waals surface area contributed by atoms with Gasteiger partial charge in [0.05, 0.1) is 16.9 Å². The number of thioether (sulfide) groups is 1. The lowest BCUT2D eigenvalue weighted by Crippen LogP contribution is -2.50. The zero-order valence-electron chi connectivity index (χ0n) is 15.6. The van der Waals surface area contributed by atoms with Gasteiger partial charge in [-0.1, -0.05) is 49.2 Å². The van der Waals surface area contributed by atoms with Gasteiger partial charge >= 0.3 is 0 Å². The van der Waals surface area contributed by atoms with E-state index in [1.165, 1.54) is 11.8 Å². The van der Waals surface area contributed by atoms with Gasteiger partial charge in [-0.2, -0.15) is 5.26 Å². The Bertz CT molecular complexity index is 1030. The van der Waals surface area contributed by atoms with Crippen LogP contribution in [0.15, 0.2) is 40.1 Å². The molecule has 1 fully saturated rings. The molecule has 1 unspecified atom stereocenters. The van der Waals surface area contributed by atoms with Crippen LogP contribution in [0.1, 0.15) is 39.0 Å². The first-order valence-corrected chi connectivity index (χ1v) is 10.3. The van der Waals surface area contributed by atoms with Crippen LogP contribution in [0.4, 0.5) is 0 Å². The molecule has 3 aromatic rings. The fourth-order valence-electron chi connectivity index (χ4n) is 3.58. The third-order valence-corrected chi connectivity index (χ3v) is 6.09. The maximum atomic E-state index is 12.6. The van der Waals surface area contributed by atoms with Crippen LogP contribution in [-0.4, -0.2) is 31.9 Å². The van der Waals surface area contributed by atoms with Gasteiger partial charge in [0, 0.05) is 17.1 Å². The van der Waals surface area contributed by atoms with Gasteiger partial charge in [-0.3, -0.25) is 4.79 Å². The number of nitrogens with zero attached hydrogens (tertiary/aromatic N) is 3. The normalized spacial score (nSPS) is 17.1. The maximum Gasteiger partial charge on any atom is 0.277 e. The Morgan fingerprint density at radius 2 is 2.11 bits per heavy atom. The number of hydrogen-bond acceptors (Lipinski definition) is 6. The highest BCUT2D eigenvalue weighted by atomic mass is 32.2. The van der Waals surface area contributed by atoms with Gasteiger partial charge < -0.3 is 14.7 Å². The zero-order valence-corrected chi connectivity index (χ0v) is 16.4. The molecule has 4 rings (SSSR count). The minimum absolute atomic E-state index is 0.180. The predicted octanol–water partition coefficient (Wildman–Crippen LogP) is 4.04. The molecule has 8 heteroatoms.